The van der Waals surface area contributed by atoms with Crippen molar-refractivity contribution in [2.75, 3.05) is 5.32 Å². The van der Waals surface area contributed by atoms with Gasteiger partial charge in [0.05, 0.1) is 0 Å². The van der Waals surface area contributed by atoms with Crippen LogP contribution in [0.5, 0.6) is 5.75 Å². The second-order valence-corrected chi connectivity index (χ2v) is 4.85. The number of aromatic hydroxyl groups is 1. The lowest BCUT2D eigenvalue weighted by atomic mass is 10.1. The highest BCUT2D eigenvalue weighted by Crippen LogP contribution is 2.26. The molecule has 1 amide bonds. The predicted octanol–water partition coefficient (Wildman–Crippen LogP) is 3.91. The zero-order chi connectivity index (χ0) is 14.0. The van der Waals surface area contributed by atoms with E-state index in [0.29, 0.717) is 10.6 Å². The van der Waals surface area contributed by atoms with E-state index in [-0.39, 0.29) is 11.7 Å². The van der Waals surface area contributed by atoms with Gasteiger partial charge in [0.1, 0.15) is 5.75 Å². The molecule has 0 aliphatic rings. The molecule has 0 aliphatic carbocycles. The zero-order valence-electron chi connectivity index (χ0n) is 10.7. The van der Waals surface area contributed by atoms with E-state index in [4.69, 9.17) is 11.6 Å². The van der Waals surface area contributed by atoms with Crippen molar-refractivity contribution < 1.29 is 9.90 Å². The molecule has 3 nitrogen and oxygen atoms in total. The molecule has 2 N–H and O–H groups in total. The maximum Gasteiger partial charge on any atom is 0.255 e. The van der Waals surface area contributed by atoms with Gasteiger partial charge in [-0.2, -0.15) is 0 Å². The smallest absolute Gasteiger partial charge is 0.255 e. The van der Waals surface area contributed by atoms with Gasteiger partial charge in [0, 0.05) is 16.3 Å². The molecule has 19 heavy (non-hydrogen) atoms. The van der Waals surface area contributed by atoms with Crippen LogP contribution in [0.2, 0.25) is 5.02 Å². The number of aryl methyl sites for hydroxylation is 2. The van der Waals surface area contributed by atoms with E-state index in [1.807, 2.05) is 13.8 Å². The molecule has 98 valence electrons. The molecule has 4 heteroatoms. The lowest BCUT2D eigenvalue weighted by Gasteiger charge is -2.12. The third kappa shape index (κ3) is 3.06. The Labute approximate surface area is 116 Å². The predicted molar refractivity (Wildman–Crippen MR) is 77.0 cm³/mol. The summed E-state index contributed by atoms with van der Waals surface area (Å²) in [6.45, 7) is 3.67. The normalized spacial score (nSPS) is 10.3. The third-order valence-electron chi connectivity index (χ3n) is 2.86. The van der Waals surface area contributed by atoms with E-state index in [9.17, 15) is 9.90 Å². The third-order valence-corrected chi connectivity index (χ3v) is 3.11. The van der Waals surface area contributed by atoms with Gasteiger partial charge < -0.3 is 10.4 Å². The van der Waals surface area contributed by atoms with E-state index in [1.54, 1.807) is 36.4 Å². The Morgan fingerprint density at radius 3 is 2.16 bits per heavy atom. The van der Waals surface area contributed by atoms with E-state index < -0.39 is 0 Å². The first-order chi connectivity index (χ1) is 8.97. The van der Waals surface area contributed by atoms with Crippen molar-refractivity contribution in [2.45, 2.75) is 13.8 Å². The Hall–Kier alpha value is -2.00. The van der Waals surface area contributed by atoms with Crippen LogP contribution in [0.4, 0.5) is 5.69 Å². The van der Waals surface area contributed by atoms with Crippen molar-refractivity contribution in [2.24, 2.45) is 0 Å². The van der Waals surface area contributed by atoms with E-state index in [2.05, 4.69) is 5.32 Å². The molecular weight excluding hydrogens is 262 g/mol. The summed E-state index contributed by atoms with van der Waals surface area (Å²) in [5, 5.41) is 12.9. The molecule has 2 rings (SSSR count). The molecule has 0 bridgehead atoms. The first-order valence-electron chi connectivity index (χ1n) is 5.84. The van der Waals surface area contributed by atoms with Crippen molar-refractivity contribution in [3.63, 3.8) is 0 Å². The SMILES string of the molecule is Cc1cc(O)cc(C)c1NC(=O)c1ccc(Cl)cc1. The molecule has 0 radical (unpaired) electrons. The lowest BCUT2D eigenvalue weighted by molar-refractivity contribution is 0.102. The van der Waals surface area contributed by atoms with Gasteiger partial charge in [-0.25, -0.2) is 0 Å². The highest BCUT2D eigenvalue weighted by atomic mass is 35.5. The first kappa shape index (κ1) is 13.4. The number of rotatable bonds is 2. The number of carbonyl (C=O) groups is 1. The fourth-order valence-corrected chi connectivity index (χ4v) is 2.05. The molecule has 0 aliphatic heterocycles. The number of nitrogens with one attached hydrogen (secondary N) is 1. The van der Waals surface area contributed by atoms with Gasteiger partial charge in [-0.05, 0) is 61.4 Å². The van der Waals surface area contributed by atoms with Gasteiger partial charge in [-0.3, -0.25) is 4.79 Å². The fourth-order valence-electron chi connectivity index (χ4n) is 1.92. The van der Waals surface area contributed by atoms with Crippen LogP contribution >= 0.6 is 11.6 Å². The number of hydrogen-bond acceptors (Lipinski definition) is 2. The quantitative estimate of drug-likeness (QED) is 0.816. The number of anilines is 1. The molecule has 0 fully saturated rings. The van der Waals surface area contributed by atoms with Crippen molar-refractivity contribution in [1.29, 1.82) is 0 Å². The van der Waals surface area contributed by atoms with E-state index in [0.717, 1.165) is 16.8 Å². The Balaban J connectivity index is 2.26. The number of carbonyl (C=O) groups excluding carboxylic acids is 1. The Morgan fingerprint density at radius 1 is 1.11 bits per heavy atom. The minimum Gasteiger partial charge on any atom is -0.508 e. The summed E-state index contributed by atoms with van der Waals surface area (Å²) in [6.07, 6.45) is 0. The maximum atomic E-state index is 12.1. The summed E-state index contributed by atoms with van der Waals surface area (Å²) in [5.41, 5.74) is 2.90. The average Bonchev–Trinajstić information content (AvgIpc) is 2.34. The zero-order valence-corrected chi connectivity index (χ0v) is 11.5. The topological polar surface area (TPSA) is 49.3 Å². The highest BCUT2D eigenvalue weighted by molar-refractivity contribution is 6.30. The minimum absolute atomic E-state index is 0.194. The van der Waals surface area contributed by atoms with Crippen LogP contribution in [-0.2, 0) is 0 Å². The molecule has 2 aromatic carbocycles. The van der Waals surface area contributed by atoms with Crippen LogP contribution in [0.15, 0.2) is 36.4 Å². The van der Waals surface area contributed by atoms with Crippen molar-refractivity contribution in [3.8, 4) is 5.75 Å². The van der Waals surface area contributed by atoms with Crippen LogP contribution in [0.25, 0.3) is 0 Å². The Bertz CT molecular complexity index is 598. The maximum absolute atomic E-state index is 12.1. The van der Waals surface area contributed by atoms with Gasteiger partial charge in [0.15, 0.2) is 0 Å². The Morgan fingerprint density at radius 2 is 1.63 bits per heavy atom. The van der Waals surface area contributed by atoms with Crippen molar-refractivity contribution >= 4 is 23.2 Å². The monoisotopic (exact) mass is 275 g/mol. The summed E-state index contributed by atoms with van der Waals surface area (Å²) >= 11 is 5.78. The molecule has 0 unspecified atom stereocenters. The summed E-state index contributed by atoms with van der Waals surface area (Å²) in [4.78, 5) is 12.1. The minimum atomic E-state index is -0.200. The summed E-state index contributed by atoms with van der Waals surface area (Å²) in [6, 6.07) is 9.92. The summed E-state index contributed by atoms with van der Waals surface area (Å²) < 4.78 is 0. The highest BCUT2D eigenvalue weighted by Gasteiger charge is 2.10. The summed E-state index contributed by atoms with van der Waals surface area (Å²) in [7, 11) is 0. The number of phenolic OH excluding ortho intramolecular Hbond substituents is 1. The van der Waals surface area contributed by atoms with Gasteiger partial charge in [0.25, 0.3) is 5.91 Å². The van der Waals surface area contributed by atoms with Crippen LogP contribution in [0, 0.1) is 13.8 Å². The van der Waals surface area contributed by atoms with Crippen LogP contribution in [-0.4, -0.2) is 11.0 Å². The number of hydrogen-bond donors (Lipinski definition) is 2. The van der Waals surface area contributed by atoms with Gasteiger partial charge in [-0.15, -0.1) is 0 Å². The standard InChI is InChI=1S/C15H14ClNO2/c1-9-7-13(18)8-10(2)14(9)17-15(19)11-3-5-12(16)6-4-11/h3-8,18H,1-2H3,(H,17,19). The van der Waals surface area contributed by atoms with Crippen molar-refractivity contribution in [1.82, 2.24) is 0 Å². The molecule has 0 saturated heterocycles. The molecule has 0 aromatic heterocycles. The second-order valence-electron chi connectivity index (χ2n) is 4.42. The lowest BCUT2D eigenvalue weighted by Crippen LogP contribution is -2.13. The van der Waals surface area contributed by atoms with Crippen LogP contribution in [0.1, 0.15) is 21.5 Å². The molecule has 0 atom stereocenters. The van der Waals surface area contributed by atoms with Crippen molar-refractivity contribution in [3.05, 3.63) is 58.1 Å². The average molecular weight is 276 g/mol. The van der Waals surface area contributed by atoms with E-state index in [1.165, 1.54) is 0 Å². The first-order valence-corrected chi connectivity index (χ1v) is 6.22. The largest absolute Gasteiger partial charge is 0.508 e. The molecule has 0 heterocycles. The van der Waals surface area contributed by atoms with Gasteiger partial charge in [0.2, 0.25) is 0 Å². The Kier molecular flexibility index (Phi) is 3.76. The van der Waals surface area contributed by atoms with Gasteiger partial charge >= 0.3 is 0 Å². The van der Waals surface area contributed by atoms with Crippen LogP contribution < -0.4 is 5.32 Å². The number of phenols is 1. The fraction of sp³-hybridized carbons (Fsp3) is 0.133. The number of benzene rings is 2. The molecule has 0 saturated carbocycles. The number of amides is 1. The molecule has 0 spiro atoms. The summed E-state index contributed by atoms with van der Waals surface area (Å²) in [5.74, 6) is -0.00644. The van der Waals surface area contributed by atoms with E-state index >= 15 is 0 Å². The van der Waals surface area contributed by atoms with Gasteiger partial charge in [-0.1, -0.05) is 11.6 Å². The molecule has 2 aromatic rings. The van der Waals surface area contributed by atoms with Crippen LogP contribution in [0.3, 0.4) is 0 Å². The molecular formula is C15H14ClNO2. The number of halogens is 1. The second kappa shape index (κ2) is 5.33.